The fourth-order valence-electron chi connectivity index (χ4n) is 5.00. The first-order valence-electron chi connectivity index (χ1n) is 15.4. The summed E-state index contributed by atoms with van der Waals surface area (Å²) < 4.78 is 22.5. The van der Waals surface area contributed by atoms with E-state index < -0.39 is 36.6 Å². The van der Waals surface area contributed by atoms with Crippen LogP contribution in [-0.4, -0.2) is 77.6 Å². The number of aliphatic hydroxyl groups excluding tert-OH is 2. The van der Waals surface area contributed by atoms with E-state index in [1.807, 2.05) is 60.7 Å². The number of carbonyl (C=O) groups excluding carboxylic acids is 2. The number of ether oxygens (including phenoxy) is 4. The van der Waals surface area contributed by atoms with Crippen molar-refractivity contribution in [2.45, 2.75) is 69.5 Å². The number of benzene rings is 3. The van der Waals surface area contributed by atoms with Crippen LogP contribution in [0.4, 0.5) is 4.79 Å². The maximum Gasteiger partial charge on any atom is 0.410 e. The molecule has 3 aromatic rings. The monoisotopic (exact) mass is 632 g/mol. The van der Waals surface area contributed by atoms with Crippen molar-refractivity contribution in [3.63, 3.8) is 0 Å². The first-order chi connectivity index (χ1) is 22.5. The summed E-state index contributed by atoms with van der Waals surface area (Å²) in [4.78, 5) is 29.7. The predicted octanol–water partition coefficient (Wildman–Crippen LogP) is 5.39. The van der Waals surface area contributed by atoms with E-state index in [-0.39, 0.29) is 25.9 Å². The highest BCUT2D eigenvalue weighted by molar-refractivity contribution is 5.89. The second kappa shape index (κ2) is 18.5. The van der Waals surface area contributed by atoms with Crippen molar-refractivity contribution in [1.82, 2.24) is 4.90 Å². The largest absolute Gasteiger partial charge is 0.459 e. The van der Waals surface area contributed by atoms with Crippen molar-refractivity contribution >= 4 is 12.1 Å². The number of amides is 1. The zero-order chi connectivity index (χ0) is 32.6. The molecule has 1 heterocycles. The molecule has 1 amide bonds. The molecular formula is C34H40N4O8. The average molecular weight is 633 g/mol. The van der Waals surface area contributed by atoms with Crippen molar-refractivity contribution < 1.29 is 38.7 Å². The molecular weight excluding hydrogens is 592 g/mol. The minimum atomic E-state index is -1.48. The number of hydrogen-bond acceptors (Lipinski definition) is 9. The van der Waals surface area contributed by atoms with Crippen molar-refractivity contribution in [1.29, 1.82) is 0 Å². The number of hydrogen-bond donors (Lipinski definition) is 2. The Hall–Kier alpha value is -4.45. The van der Waals surface area contributed by atoms with Crippen molar-refractivity contribution in [2.75, 3.05) is 19.8 Å². The molecule has 0 aliphatic carbocycles. The molecule has 1 saturated heterocycles. The van der Waals surface area contributed by atoms with E-state index in [0.29, 0.717) is 25.1 Å². The molecule has 12 nitrogen and oxygen atoms in total. The van der Waals surface area contributed by atoms with Crippen molar-refractivity contribution in [2.24, 2.45) is 5.11 Å². The van der Waals surface area contributed by atoms with Gasteiger partial charge in [-0.2, -0.15) is 0 Å². The molecule has 0 radical (unpaired) electrons. The van der Waals surface area contributed by atoms with Crippen LogP contribution in [0.3, 0.4) is 0 Å². The Morgan fingerprint density at radius 2 is 1.46 bits per heavy atom. The van der Waals surface area contributed by atoms with E-state index in [0.717, 1.165) is 30.4 Å². The lowest BCUT2D eigenvalue weighted by molar-refractivity contribution is -0.265. The van der Waals surface area contributed by atoms with Crippen LogP contribution in [0.2, 0.25) is 0 Å². The molecule has 1 aliphatic rings. The lowest BCUT2D eigenvalue weighted by Crippen LogP contribution is -2.58. The van der Waals surface area contributed by atoms with Crippen LogP contribution in [0.1, 0.15) is 47.2 Å². The fourth-order valence-corrected chi connectivity index (χ4v) is 5.00. The van der Waals surface area contributed by atoms with Gasteiger partial charge in [-0.15, -0.1) is 0 Å². The third-order valence-corrected chi connectivity index (χ3v) is 7.53. The topological polar surface area (TPSA) is 164 Å². The molecule has 5 atom stereocenters. The number of azide groups is 1. The lowest BCUT2D eigenvalue weighted by atomic mass is 9.97. The van der Waals surface area contributed by atoms with Gasteiger partial charge in [0.1, 0.15) is 31.5 Å². The molecule has 2 unspecified atom stereocenters. The van der Waals surface area contributed by atoms with Crippen molar-refractivity contribution in [3.05, 3.63) is 118 Å². The van der Waals surface area contributed by atoms with Crippen molar-refractivity contribution in [3.8, 4) is 0 Å². The standard InChI is InChI=1S/C34H40N4O8/c35-37-36-29-31(40)30(39)28(24-44-32(41)27-18-10-5-11-19-27)46-33(29)43-21-13-2-1-12-20-38(22-25-14-6-3-7-15-25)34(42)45-23-26-16-8-4-9-17-26/h3-11,14-19,28-31,33,39-40H,1-2,12-13,20-24H2/t28?,29?,30-,31+,33+/m0/s1. The van der Waals surface area contributed by atoms with Crippen LogP contribution in [0.15, 0.2) is 96.1 Å². The summed E-state index contributed by atoms with van der Waals surface area (Å²) in [6.07, 6.45) is -2.58. The normalized spacial score (nSPS) is 20.7. The van der Waals surface area contributed by atoms with Crippen LogP contribution in [-0.2, 0) is 32.1 Å². The van der Waals surface area contributed by atoms with E-state index in [2.05, 4.69) is 10.0 Å². The van der Waals surface area contributed by atoms with Gasteiger partial charge in [-0.05, 0) is 41.6 Å². The molecule has 46 heavy (non-hydrogen) atoms. The van der Waals surface area contributed by atoms with Gasteiger partial charge in [-0.1, -0.05) is 96.8 Å². The second-order valence-corrected chi connectivity index (χ2v) is 10.9. The molecule has 0 bridgehead atoms. The Morgan fingerprint density at radius 1 is 0.826 bits per heavy atom. The summed E-state index contributed by atoms with van der Waals surface area (Å²) >= 11 is 0. The molecule has 4 rings (SSSR count). The van der Waals surface area contributed by atoms with Crippen LogP contribution >= 0.6 is 0 Å². The number of carbonyl (C=O) groups is 2. The Labute approximate surface area is 268 Å². The SMILES string of the molecule is [N-]=[N+]=NC1[C@H](OCCCCCCN(Cc2ccccc2)C(=O)OCc2ccccc2)OC(COC(=O)c2ccccc2)[C@H](O)[C@@H]1O. The number of unbranched alkanes of at least 4 members (excludes halogenated alkanes) is 3. The number of aliphatic hydroxyl groups is 2. The number of nitrogens with zero attached hydrogens (tertiary/aromatic N) is 4. The van der Waals surface area contributed by atoms with Gasteiger partial charge in [0.05, 0.1) is 11.7 Å². The Morgan fingerprint density at radius 3 is 2.13 bits per heavy atom. The predicted molar refractivity (Wildman–Crippen MR) is 168 cm³/mol. The first-order valence-corrected chi connectivity index (χ1v) is 15.4. The molecule has 3 aromatic carbocycles. The summed E-state index contributed by atoms with van der Waals surface area (Å²) in [5.74, 6) is -0.604. The third-order valence-electron chi connectivity index (χ3n) is 7.53. The van der Waals surface area contributed by atoms with Gasteiger partial charge >= 0.3 is 12.1 Å². The molecule has 1 fully saturated rings. The molecule has 244 valence electrons. The summed E-state index contributed by atoms with van der Waals surface area (Å²) in [5, 5.41) is 24.7. The Kier molecular flexibility index (Phi) is 13.8. The molecule has 0 saturated carbocycles. The molecule has 0 spiro atoms. The molecule has 12 heteroatoms. The zero-order valence-electron chi connectivity index (χ0n) is 25.5. The maximum atomic E-state index is 12.9. The van der Waals surface area contributed by atoms with Crippen LogP contribution < -0.4 is 0 Å². The summed E-state index contributed by atoms with van der Waals surface area (Å²) in [6.45, 7) is 1.05. The first kappa shape index (κ1) is 34.4. The van der Waals surface area contributed by atoms with Gasteiger partial charge in [0, 0.05) is 24.6 Å². The summed E-state index contributed by atoms with van der Waals surface area (Å²) in [7, 11) is 0. The van der Waals surface area contributed by atoms with Gasteiger partial charge in [0.2, 0.25) is 0 Å². The van der Waals surface area contributed by atoms with Gasteiger partial charge in [0.25, 0.3) is 0 Å². The van der Waals surface area contributed by atoms with Gasteiger partial charge in [0.15, 0.2) is 6.29 Å². The van der Waals surface area contributed by atoms with E-state index in [1.54, 1.807) is 35.2 Å². The number of rotatable bonds is 16. The highest BCUT2D eigenvalue weighted by atomic mass is 16.7. The second-order valence-electron chi connectivity index (χ2n) is 10.9. The van der Waals surface area contributed by atoms with E-state index in [4.69, 9.17) is 24.5 Å². The third kappa shape index (κ3) is 10.6. The average Bonchev–Trinajstić information content (AvgIpc) is 3.09. The molecule has 2 N–H and O–H groups in total. The minimum absolute atomic E-state index is 0.199. The van der Waals surface area contributed by atoms with E-state index in [9.17, 15) is 19.8 Å². The highest BCUT2D eigenvalue weighted by Crippen LogP contribution is 2.26. The van der Waals surface area contributed by atoms with Gasteiger partial charge < -0.3 is 34.1 Å². The van der Waals surface area contributed by atoms with E-state index >= 15 is 0 Å². The minimum Gasteiger partial charge on any atom is -0.459 e. The Balaban J connectivity index is 1.22. The zero-order valence-corrected chi connectivity index (χ0v) is 25.5. The summed E-state index contributed by atoms with van der Waals surface area (Å²) in [5.41, 5.74) is 11.3. The molecule has 0 aromatic heterocycles. The Bertz CT molecular complexity index is 1390. The summed E-state index contributed by atoms with van der Waals surface area (Å²) in [6, 6.07) is 26.4. The fraction of sp³-hybridized carbons (Fsp3) is 0.412. The van der Waals surface area contributed by atoms with E-state index in [1.165, 1.54) is 0 Å². The van der Waals surface area contributed by atoms with Crippen LogP contribution in [0, 0.1) is 0 Å². The smallest absolute Gasteiger partial charge is 0.410 e. The maximum absolute atomic E-state index is 12.9. The van der Waals surface area contributed by atoms with Gasteiger partial charge in [-0.25, -0.2) is 9.59 Å². The van der Waals surface area contributed by atoms with Crippen LogP contribution in [0.5, 0.6) is 0 Å². The highest BCUT2D eigenvalue weighted by Gasteiger charge is 2.45. The lowest BCUT2D eigenvalue weighted by Gasteiger charge is -2.40. The van der Waals surface area contributed by atoms with Crippen LogP contribution in [0.25, 0.3) is 10.4 Å². The quantitative estimate of drug-likeness (QED) is 0.0698. The van der Waals surface area contributed by atoms with Gasteiger partial charge in [-0.3, -0.25) is 0 Å². The molecule has 1 aliphatic heterocycles. The number of esters is 1.